The second-order valence-corrected chi connectivity index (χ2v) is 6.22. The summed E-state index contributed by atoms with van der Waals surface area (Å²) >= 11 is 5.49. The van der Waals surface area contributed by atoms with E-state index in [2.05, 4.69) is 55.6 Å². The first-order valence-corrected chi connectivity index (χ1v) is 7.93. The molecule has 0 saturated heterocycles. The summed E-state index contributed by atoms with van der Waals surface area (Å²) in [6.45, 7) is 4.43. The number of thiophene rings is 1. The second kappa shape index (κ2) is 8.87. The number of carbonyl (C=O) groups excluding carboxylic acids is 1. The minimum atomic E-state index is 0.661. The molecule has 0 saturated carbocycles. The highest BCUT2D eigenvalue weighted by molar-refractivity contribution is 7.81. The Kier molecular flexibility index (Phi) is 7.50. The SMILES string of the molecule is CC(C)Cc1ccc(-c2cc(NS)c(C=O)s2)cc1.CO. The highest BCUT2D eigenvalue weighted by Gasteiger charge is 2.09. The first-order valence-electron chi connectivity index (χ1n) is 6.67. The Morgan fingerprint density at radius 2 is 1.90 bits per heavy atom. The fraction of sp³-hybridized carbons (Fsp3) is 0.312. The molecule has 0 aliphatic heterocycles. The van der Waals surface area contributed by atoms with Crippen molar-refractivity contribution in [2.24, 2.45) is 5.92 Å². The van der Waals surface area contributed by atoms with Crippen LogP contribution < -0.4 is 4.72 Å². The van der Waals surface area contributed by atoms with E-state index in [9.17, 15) is 4.79 Å². The van der Waals surface area contributed by atoms with Gasteiger partial charge in [-0.15, -0.1) is 11.3 Å². The normalized spacial score (nSPS) is 10.0. The van der Waals surface area contributed by atoms with Crippen LogP contribution in [-0.4, -0.2) is 18.5 Å². The minimum Gasteiger partial charge on any atom is -0.400 e. The van der Waals surface area contributed by atoms with Gasteiger partial charge >= 0.3 is 0 Å². The molecule has 0 amide bonds. The van der Waals surface area contributed by atoms with Crippen LogP contribution in [0, 0.1) is 5.92 Å². The van der Waals surface area contributed by atoms with Gasteiger partial charge in [0.25, 0.3) is 0 Å². The van der Waals surface area contributed by atoms with E-state index in [1.54, 1.807) is 0 Å². The van der Waals surface area contributed by atoms with Crippen molar-refractivity contribution in [3.8, 4) is 10.4 Å². The number of nitrogens with one attached hydrogen (secondary N) is 1. The molecule has 5 heteroatoms. The van der Waals surface area contributed by atoms with Gasteiger partial charge in [-0.25, -0.2) is 0 Å². The van der Waals surface area contributed by atoms with Crippen molar-refractivity contribution in [3.05, 3.63) is 40.8 Å². The van der Waals surface area contributed by atoms with Gasteiger partial charge < -0.3 is 9.83 Å². The van der Waals surface area contributed by atoms with Crippen molar-refractivity contribution in [2.75, 3.05) is 11.8 Å². The third kappa shape index (κ3) is 4.88. The number of aliphatic hydroxyl groups excluding tert-OH is 1. The number of aliphatic hydroxyl groups is 1. The summed E-state index contributed by atoms with van der Waals surface area (Å²) in [4.78, 5) is 12.7. The maximum absolute atomic E-state index is 10.9. The monoisotopic (exact) mass is 323 g/mol. The predicted molar refractivity (Wildman–Crippen MR) is 94.4 cm³/mol. The molecule has 1 aromatic carbocycles. The average molecular weight is 323 g/mol. The van der Waals surface area contributed by atoms with E-state index in [-0.39, 0.29) is 0 Å². The van der Waals surface area contributed by atoms with Crippen LogP contribution in [0.2, 0.25) is 0 Å². The summed E-state index contributed by atoms with van der Waals surface area (Å²) in [6.07, 6.45) is 1.95. The van der Waals surface area contributed by atoms with Crippen molar-refractivity contribution >= 4 is 36.1 Å². The number of hydrogen-bond acceptors (Lipinski definition) is 5. The summed E-state index contributed by atoms with van der Waals surface area (Å²) in [6, 6.07) is 10.5. The van der Waals surface area contributed by atoms with Gasteiger partial charge in [0.2, 0.25) is 0 Å². The summed E-state index contributed by atoms with van der Waals surface area (Å²) < 4.78 is 2.75. The zero-order chi connectivity index (χ0) is 15.8. The van der Waals surface area contributed by atoms with Gasteiger partial charge in [-0.05, 0) is 29.5 Å². The lowest BCUT2D eigenvalue weighted by Gasteiger charge is -2.05. The van der Waals surface area contributed by atoms with Crippen LogP contribution in [0.1, 0.15) is 29.1 Å². The summed E-state index contributed by atoms with van der Waals surface area (Å²) in [5.74, 6) is 0.661. The Morgan fingerprint density at radius 3 is 2.33 bits per heavy atom. The number of carbonyl (C=O) groups is 1. The van der Waals surface area contributed by atoms with Crippen molar-refractivity contribution in [1.82, 2.24) is 0 Å². The quantitative estimate of drug-likeness (QED) is 0.568. The van der Waals surface area contributed by atoms with Gasteiger partial charge in [-0.1, -0.05) is 50.9 Å². The summed E-state index contributed by atoms with van der Waals surface area (Å²) in [5.41, 5.74) is 3.25. The molecular weight excluding hydrogens is 302 g/mol. The molecule has 1 aromatic heterocycles. The smallest absolute Gasteiger partial charge is 0.162 e. The van der Waals surface area contributed by atoms with Crippen LogP contribution in [0.3, 0.4) is 0 Å². The fourth-order valence-electron chi connectivity index (χ4n) is 2.00. The molecule has 0 fully saturated rings. The van der Waals surface area contributed by atoms with Crippen molar-refractivity contribution in [3.63, 3.8) is 0 Å². The molecule has 0 bridgehead atoms. The Hall–Kier alpha value is -1.30. The molecule has 2 aromatic rings. The van der Waals surface area contributed by atoms with Crippen LogP contribution in [0.15, 0.2) is 30.3 Å². The molecule has 2 rings (SSSR count). The Morgan fingerprint density at radius 1 is 1.29 bits per heavy atom. The van der Waals surface area contributed by atoms with Crippen LogP contribution in [0.4, 0.5) is 5.69 Å². The van der Waals surface area contributed by atoms with Crippen molar-refractivity contribution in [2.45, 2.75) is 20.3 Å². The molecule has 0 unspecified atom stereocenters. The lowest BCUT2D eigenvalue weighted by atomic mass is 10.0. The number of hydrogen-bond donors (Lipinski definition) is 3. The molecule has 2 N–H and O–H groups in total. The minimum absolute atomic E-state index is 0.661. The van der Waals surface area contributed by atoms with Gasteiger partial charge in [0, 0.05) is 12.0 Å². The van der Waals surface area contributed by atoms with E-state index in [0.717, 1.165) is 35.9 Å². The maximum Gasteiger partial charge on any atom is 0.162 e. The molecule has 0 aliphatic carbocycles. The topological polar surface area (TPSA) is 49.3 Å². The molecule has 0 atom stereocenters. The molecule has 1 heterocycles. The summed E-state index contributed by atoms with van der Waals surface area (Å²) in [7, 11) is 1.00. The Balaban J connectivity index is 0.00000106. The van der Waals surface area contributed by atoms with Gasteiger partial charge in [0.05, 0.1) is 10.6 Å². The Bertz CT molecular complexity index is 562. The number of anilines is 1. The van der Waals surface area contributed by atoms with Gasteiger partial charge in [-0.3, -0.25) is 4.79 Å². The molecular formula is C16H21NO2S2. The molecule has 21 heavy (non-hydrogen) atoms. The van der Waals surface area contributed by atoms with Crippen LogP contribution >= 0.6 is 24.2 Å². The van der Waals surface area contributed by atoms with E-state index in [1.807, 2.05) is 6.07 Å². The third-order valence-electron chi connectivity index (χ3n) is 2.87. The maximum atomic E-state index is 10.9. The third-order valence-corrected chi connectivity index (χ3v) is 4.22. The van der Waals surface area contributed by atoms with Crippen molar-refractivity contribution < 1.29 is 9.90 Å². The number of aldehydes is 1. The zero-order valence-corrected chi connectivity index (χ0v) is 14.2. The predicted octanol–water partition coefficient (Wildman–Crippen LogP) is 4.29. The zero-order valence-electron chi connectivity index (χ0n) is 12.5. The molecule has 0 aliphatic rings. The summed E-state index contributed by atoms with van der Waals surface area (Å²) in [5, 5.41) is 7.00. The number of rotatable bonds is 5. The van der Waals surface area contributed by atoms with E-state index in [1.165, 1.54) is 16.9 Å². The first kappa shape index (κ1) is 17.8. The van der Waals surface area contributed by atoms with Gasteiger partial charge in [0.15, 0.2) is 6.29 Å². The highest BCUT2D eigenvalue weighted by atomic mass is 32.1. The van der Waals surface area contributed by atoms with E-state index in [0.29, 0.717) is 10.8 Å². The lowest BCUT2D eigenvalue weighted by molar-refractivity contribution is 0.112. The van der Waals surface area contributed by atoms with Crippen LogP contribution in [0.5, 0.6) is 0 Å². The first-order chi connectivity index (χ1) is 10.1. The van der Waals surface area contributed by atoms with Gasteiger partial charge in [-0.2, -0.15) is 0 Å². The van der Waals surface area contributed by atoms with E-state index < -0.39 is 0 Å². The molecule has 3 nitrogen and oxygen atoms in total. The standard InChI is InChI=1S/C15H17NOS2.CH4O/c1-10(2)7-11-3-5-12(6-4-11)14-8-13(16-18)15(9-17)19-14;1-2/h3-6,8-10,16,18H,7H2,1-2H3;2H,1H3. The average Bonchev–Trinajstić information content (AvgIpc) is 2.93. The van der Waals surface area contributed by atoms with E-state index >= 15 is 0 Å². The lowest BCUT2D eigenvalue weighted by Crippen LogP contribution is -1.93. The number of benzene rings is 1. The molecule has 0 radical (unpaired) electrons. The second-order valence-electron chi connectivity index (χ2n) is 4.91. The van der Waals surface area contributed by atoms with E-state index in [4.69, 9.17) is 5.11 Å². The van der Waals surface area contributed by atoms with Crippen LogP contribution in [0.25, 0.3) is 10.4 Å². The fourth-order valence-corrected chi connectivity index (χ4v) is 3.20. The molecule has 114 valence electrons. The van der Waals surface area contributed by atoms with Crippen molar-refractivity contribution in [1.29, 1.82) is 0 Å². The highest BCUT2D eigenvalue weighted by Crippen LogP contribution is 2.34. The largest absolute Gasteiger partial charge is 0.400 e. The van der Waals surface area contributed by atoms with Crippen LogP contribution in [-0.2, 0) is 6.42 Å². The number of thiol groups is 1. The molecule has 0 spiro atoms. The Labute approximate surface area is 135 Å². The van der Waals surface area contributed by atoms with Gasteiger partial charge in [0.1, 0.15) is 0 Å².